The summed E-state index contributed by atoms with van der Waals surface area (Å²) < 4.78 is 0. The molecule has 0 radical (unpaired) electrons. The van der Waals surface area contributed by atoms with Crippen molar-refractivity contribution in [2.45, 2.75) is 51.0 Å². The van der Waals surface area contributed by atoms with Crippen molar-refractivity contribution < 1.29 is 5.11 Å². The van der Waals surface area contributed by atoms with Crippen LogP contribution in [0.25, 0.3) is 0 Å². The lowest BCUT2D eigenvalue weighted by Gasteiger charge is -2.16. The Kier molecular flexibility index (Phi) is 3.42. The third kappa shape index (κ3) is 2.60. The molecule has 1 aliphatic carbocycles. The van der Waals surface area contributed by atoms with Crippen molar-refractivity contribution in [3.63, 3.8) is 0 Å². The molecule has 1 atom stereocenters. The summed E-state index contributed by atoms with van der Waals surface area (Å²) >= 11 is 0. The van der Waals surface area contributed by atoms with Gasteiger partial charge in [-0.25, -0.2) is 0 Å². The van der Waals surface area contributed by atoms with Gasteiger partial charge in [0, 0.05) is 0 Å². The molecule has 0 aliphatic heterocycles. The lowest BCUT2D eigenvalue weighted by molar-refractivity contribution is 0.195. The normalized spacial score (nSPS) is 19.3. The first-order valence-electron chi connectivity index (χ1n) is 6.03. The summed E-state index contributed by atoms with van der Waals surface area (Å²) in [5.74, 6) is 0.750. The molecule has 1 aliphatic rings. The molecule has 1 N–H and O–H groups in total. The number of aliphatic hydroxyl groups is 1. The molecule has 82 valence electrons. The van der Waals surface area contributed by atoms with E-state index in [1.807, 2.05) is 6.92 Å². The largest absolute Gasteiger partial charge is 0.393 e. The molecule has 1 aromatic carbocycles. The zero-order valence-corrected chi connectivity index (χ0v) is 9.45. The van der Waals surface area contributed by atoms with Crippen LogP contribution in [0.5, 0.6) is 0 Å². The van der Waals surface area contributed by atoms with Gasteiger partial charge in [0.15, 0.2) is 0 Å². The molecule has 0 saturated heterocycles. The van der Waals surface area contributed by atoms with Crippen LogP contribution in [-0.4, -0.2) is 11.2 Å². The molecule has 0 spiro atoms. The molecular formula is C14H20O. The van der Waals surface area contributed by atoms with Gasteiger partial charge in [-0.1, -0.05) is 37.1 Å². The number of benzene rings is 1. The van der Waals surface area contributed by atoms with Crippen molar-refractivity contribution in [2.24, 2.45) is 0 Å². The molecular weight excluding hydrogens is 184 g/mol. The highest BCUT2D eigenvalue weighted by Crippen LogP contribution is 2.35. The molecule has 15 heavy (non-hydrogen) atoms. The highest BCUT2D eigenvalue weighted by molar-refractivity contribution is 5.31. The maximum absolute atomic E-state index is 9.47. The van der Waals surface area contributed by atoms with Crippen LogP contribution in [0.1, 0.15) is 49.7 Å². The quantitative estimate of drug-likeness (QED) is 0.801. The predicted octanol–water partition coefficient (Wildman–Crippen LogP) is 3.27. The predicted molar refractivity (Wildman–Crippen MR) is 63.0 cm³/mol. The second-order valence-electron chi connectivity index (χ2n) is 4.73. The fourth-order valence-electron chi connectivity index (χ4n) is 2.67. The van der Waals surface area contributed by atoms with Gasteiger partial charge in [0.2, 0.25) is 0 Å². The molecule has 0 heterocycles. The molecule has 1 heteroatoms. The highest BCUT2D eigenvalue weighted by atomic mass is 16.3. The summed E-state index contributed by atoms with van der Waals surface area (Å²) in [5, 5.41) is 9.47. The minimum atomic E-state index is -0.229. The van der Waals surface area contributed by atoms with E-state index in [1.54, 1.807) is 0 Å². The Morgan fingerprint density at radius 3 is 2.60 bits per heavy atom. The van der Waals surface area contributed by atoms with Crippen molar-refractivity contribution in [1.29, 1.82) is 0 Å². The molecule has 1 saturated carbocycles. The van der Waals surface area contributed by atoms with Crippen LogP contribution in [0.15, 0.2) is 24.3 Å². The van der Waals surface area contributed by atoms with Gasteiger partial charge >= 0.3 is 0 Å². The highest BCUT2D eigenvalue weighted by Gasteiger charge is 2.19. The second kappa shape index (κ2) is 4.80. The van der Waals surface area contributed by atoms with E-state index in [4.69, 9.17) is 0 Å². The van der Waals surface area contributed by atoms with Gasteiger partial charge in [0.05, 0.1) is 6.10 Å². The average molecular weight is 204 g/mol. The van der Waals surface area contributed by atoms with E-state index in [0.717, 1.165) is 12.3 Å². The molecule has 0 aromatic heterocycles. The van der Waals surface area contributed by atoms with E-state index in [2.05, 4.69) is 24.3 Å². The Morgan fingerprint density at radius 1 is 1.27 bits per heavy atom. The molecule has 1 aromatic rings. The molecule has 0 amide bonds. The van der Waals surface area contributed by atoms with Crippen molar-refractivity contribution in [2.75, 3.05) is 0 Å². The van der Waals surface area contributed by atoms with Gasteiger partial charge in [-0.15, -0.1) is 0 Å². The SMILES string of the molecule is CC(O)Cc1ccccc1C1CCCC1. The maximum atomic E-state index is 9.47. The smallest absolute Gasteiger partial charge is 0.0552 e. The Hall–Kier alpha value is -0.820. The Balaban J connectivity index is 2.20. The van der Waals surface area contributed by atoms with Crippen LogP contribution < -0.4 is 0 Å². The standard InChI is InChI=1S/C14H20O/c1-11(15)10-13-8-4-5-9-14(13)12-6-2-3-7-12/h4-5,8-9,11-12,15H,2-3,6-7,10H2,1H3. The van der Waals surface area contributed by atoms with Crippen LogP contribution in [0, 0.1) is 0 Å². The van der Waals surface area contributed by atoms with Gasteiger partial charge in [0.25, 0.3) is 0 Å². The second-order valence-corrected chi connectivity index (χ2v) is 4.73. The van der Waals surface area contributed by atoms with Crippen LogP contribution in [0.3, 0.4) is 0 Å². The van der Waals surface area contributed by atoms with Crippen molar-refractivity contribution in [3.05, 3.63) is 35.4 Å². The van der Waals surface area contributed by atoms with E-state index >= 15 is 0 Å². The van der Waals surface area contributed by atoms with E-state index in [9.17, 15) is 5.11 Å². The molecule has 1 nitrogen and oxygen atoms in total. The summed E-state index contributed by atoms with van der Waals surface area (Å²) in [6, 6.07) is 8.61. The number of rotatable bonds is 3. The molecule has 2 rings (SSSR count). The zero-order chi connectivity index (χ0) is 10.7. The lowest BCUT2D eigenvalue weighted by atomic mass is 9.91. The van der Waals surface area contributed by atoms with Gasteiger partial charge in [0.1, 0.15) is 0 Å². The fraction of sp³-hybridized carbons (Fsp3) is 0.571. The Labute approximate surface area is 92.1 Å². The number of aliphatic hydroxyl groups excluding tert-OH is 1. The number of hydrogen-bond acceptors (Lipinski definition) is 1. The van der Waals surface area contributed by atoms with E-state index < -0.39 is 0 Å². The van der Waals surface area contributed by atoms with Gasteiger partial charge in [-0.05, 0) is 43.2 Å². The van der Waals surface area contributed by atoms with Gasteiger partial charge < -0.3 is 5.11 Å². The minimum absolute atomic E-state index is 0.229. The van der Waals surface area contributed by atoms with E-state index in [0.29, 0.717) is 0 Å². The molecule has 1 unspecified atom stereocenters. The third-order valence-electron chi connectivity index (χ3n) is 3.37. The van der Waals surface area contributed by atoms with Gasteiger partial charge in [-0.2, -0.15) is 0 Å². The first-order chi connectivity index (χ1) is 7.27. The molecule has 1 fully saturated rings. The van der Waals surface area contributed by atoms with Crippen LogP contribution >= 0.6 is 0 Å². The van der Waals surface area contributed by atoms with E-state index in [-0.39, 0.29) is 6.10 Å². The maximum Gasteiger partial charge on any atom is 0.0552 e. The first kappa shape index (κ1) is 10.7. The minimum Gasteiger partial charge on any atom is -0.393 e. The summed E-state index contributed by atoms with van der Waals surface area (Å²) in [6.45, 7) is 1.87. The van der Waals surface area contributed by atoms with Crippen LogP contribution in [0.2, 0.25) is 0 Å². The summed E-state index contributed by atoms with van der Waals surface area (Å²) in [5.41, 5.74) is 2.83. The number of hydrogen-bond donors (Lipinski definition) is 1. The third-order valence-corrected chi connectivity index (χ3v) is 3.37. The topological polar surface area (TPSA) is 20.2 Å². The van der Waals surface area contributed by atoms with Crippen molar-refractivity contribution >= 4 is 0 Å². The van der Waals surface area contributed by atoms with Crippen molar-refractivity contribution in [1.82, 2.24) is 0 Å². The first-order valence-corrected chi connectivity index (χ1v) is 6.03. The zero-order valence-electron chi connectivity index (χ0n) is 9.45. The summed E-state index contributed by atoms with van der Waals surface area (Å²) in [7, 11) is 0. The summed E-state index contributed by atoms with van der Waals surface area (Å²) in [4.78, 5) is 0. The van der Waals surface area contributed by atoms with Crippen LogP contribution in [-0.2, 0) is 6.42 Å². The molecule has 0 bridgehead atoms. The van der Waals surface area contributed by atoms with Crippen LogP contribution in [0.4, 0.5) is 0 Å². The summed E-state index contributed by atoms with van der Waals surface area (Å²) in [6.07, 6.45) is 5.97. The Morgan fingerprint density at radius 2 is 1.93 bits per heavy atom. The lowest BCUT2D eigenvalue weighted by Crippen LogP contribution is -2.08. The van der Waals surface area contributed by atoms with Gasteiger partial charge in [-0.3, -0.25) is 0 Å². The van der Waals surface area contributed by atoms with Crippen molar-refractivity contribution in [3.8, 4) is 0 Å². The van der Waals surface area contributed by atoms with E-state index in [1.165, 1.54) is 36.8 Å². The fourth-order valence-corrected chi connectivity index (χ4v) is 2.67. The monoisotopic (exact) mass is 204 g/mol. The average Bonchev–Trinajstić information content (AvgIpc) is 2.70. The Bertz CT molecular complexity index is 311.